The maximum Gasteiger partial charge on any atom is 0.274 e. The fourth-order valence-electron chi connectivity index (χ4n) is 2.14. The zero-order valence-corrected chi connectivity index (χ0v) is 14.4. The fraction of sp³-hybridized carbons (Fsp3) is 0.0588. The molecule has 116 valence electrons. The number of imidazole rings is 1. The molecular formula is C17H13FIN3O. The van der Waals surface area contributed by atoms with Crippen molar-refractivity contribution in [2.24, 2.45) is 0 Å². The summed E-state index contributed by atoms with van der Waals surface area (Å²) in [6, 6.07) is 11.6. The van der Waals surface area contributed by atoms with Crippen LogP contribution in [0.4, 0.5) is 10.1 Å². The lowest BCUT2D eigenvalue weighted by Gasteiger charge is -2.10. The van der Waals surface area contributed by atoms with E-state index in [2.05, 4.69) is 32.9 Å². The minimum atomic E-state index is -0.325. The van der Waals surface area contributed by atoms with Crippen molar-refractivity contribution < 1.29 is 9.18 Å². The summed E-state index contributed by atoms with van der Waals surface area (Å²) < 4.78 is 15.7. The molecule has 0 fully saturated rings. The van der Waals surface area contributed by atoms with E-state index in [1.807, 2.05) is 25.1 Å². The summed E-state index contributed by atoms with van der Waals surface area (Å²) in [5, 5.41) is 2.86. The Morgan fingerprint density at radius 3 is 2.65 bits per heavy atom. The second kappa shape index (κ2) is 6.49. The molecule has 2 aromatic carbocycles. The Morgan fingerprint density at radius 1 is 1.22 bits per heavy atom. The molecule has 3 aromatic rings. The zero-order valence-electron chi connectivity index (χ0n) is 12.3. The predicted molar refractivity (Wildman–Crippen MR) is 95.4 cm³/mol. The lowest BCUT2D eigenvalue weighted by Crippen LogP contribution is -2.16. The van der Waals surface area contributed by atoms with E-state index in [-0.39, 0.29) is 11.7 Å². The van der Waals surface area contributed by atoms with Gasteiger partial charge in [-0.1, -0.05) is 6.07 Å². The number of benzene rings is 2. The number of rotatable bonds is 3. The summed E-state index contributed by atoms with van der Waals surface area (Å²) in [5.41, 5.74) is 2.93. The number of nitrogens with zero attached hydrogens (tertiary/aromatic N) is 2. The first kappa shape index (κ1) is 15.7. The predicted octanol–water partition coefficient (Wildman–Crippen LogP) is 4.18. The summed E-state index contributed by atoms with van der Waals surface area (Å²) >= 11 is 2.22. The van der Waals surface area contributed by atoms with E-state index < -0.39 is 0 Å². The topological polar surface area (TPSA) is 46.9 Å². The number of aryl methyl sites for hydroxylation is 1. The fourth-order valence-corrected chi connectivity index (χ4v) is 2.65. The number of hydrogen-bond acceptors (Lipinski definition) is 2. The van der Waals surface area contributed by atoms with Crippen LogP contribution in [0, 0.1) is 16.3 Å². The summed E-state index contributed by atoms with van der Waals surface area (Å²) in [4.78, 5) is 16.5. The van der Waals surface area contributed by atoms with Gasteiger partial charge in [0.15, 0.2) is 0 Å². The minimum Gasteiger partial charge on any atom is -0.321 e. The van der Waals surface area contributed by atoms with Crippen molar-refractivity contribution in [3.63, 3.8) is 0 Å². The van der Waals surface area contributed by atoms with Crippen LogP contribution >= 0.6 is 22.6 Å². The van der Waals surface area contributed by atoms with Crippen molar-refractivity contribution in [2.45, 2.75) is 6.92 Å². The number of carbonyl (C=O) groups is 1. The van der Waals surface area contributed by atoms with E-state index in [0.29, 0.717) is 11.4 Å². The van der Waals surface area contributed by atoms with Gasteiger partial charge in [-0.3, -0.25) is 9.36 Å². The van der Waals surface area contributed by atoms with E-state index >= 15 is 0 Å². The number of amides is 1. The van der Waals surface area contributed by atoms with Gasteiger partial charge >= 0.3 is 0 Å². The minimum absolute atomic E-state index is 0.272. The van der Waals surface area contributed by atoms with Crippen molar-refractivity contribution in [3.8, 4) is 5.69 Å². The van der Waals surface area contributed by atoms with Crippen LogP contribution in [-0.2, 0) is 0 Å². The van der Waals surface area contributed by atoms with Crippen molar-refractivity contribution in [2.75, 3.05) is 5.32 Å². The molecular weight excluding hydrogens is 408 g/mol. The van der Waals surface area contributed by atoms with Gasteiger partial charge in [0.1, 0.15) is 11.5 Å². The van der Waals surface area contributed by atoms with Crippen molar-refractivity contribution >= 4 is 34.2 Å². The largest absolute Gasteiger partial charge is 0.321 e. The first-order valence-electron chi connectivity index (χ1n) is 6.90. The highest BCUT2D eigenvalue weighted by Crippen LogP contribution is 2.19. The SMILES string of the molecule is Cc1ccc(NC(=O)c2cncn2-c2ccc(F)cc2)cc1I. The van der Waals surface area contributed by atoms with Crippen LogP contribution in [0.5, 0.6) is 0 Å². The first-order chi connectivity index (χ1) is 11.0. The van der Waals surface area contributed by atoms with Gasteiger partial charge in [-0.25, -0.2) is 9.37 Å². The van der Waals surface area contributed by atoms with Gasteiger partial charge in [0.2, 0.25) is 0 Å². The molecule has 0 radical (unpaired) electrons. The molecule has 0 aliphatic rings. The molecule has 0 aliphatic heterocycles. The number of aromatic nitrogens is 2. The molecule has 3 rings (SSSR count). The molecule has 0 saturated carbocycles. The summed E-state index contributed by atoms with van der Waals surface area (Å²) in [6.07, 6.45) is 3.01. The second-order valence-corrected chi connectivity index (χ2v) is 6.21. The number of hydrogen-bond donors (Lipinski definition) is 1. The van der Waals surface area contributed by atoms with Gasteiger partial charge in [-0.2, -0.15) is 0 Å². The van der Waals surface area contributed by atoms with Crippen LogP contribution in [0.25, 0.3) is 5.69 Å². The third-order valence-electron chi connectivity index (χ3n) is 3.41. The van der Waals surface area contributed by atoms with Gasteiger partial charge in [-0.05, 0) is 71.5 Å². The molecule has 0 saturated heterocycles. The standard InChI is InChI=1S/C17H13FIN3O/c1-11-2-5-13(8-15(11)19)21-17(23)16-9-20-10-22(16)14-6-3-12(18)4-7-14/h2-10H,1H3,(H,21,23). The van der Waals surface area contributed by atoms with Crippen LogP contribution in [0.3, 0.4) is 0 Å². The summed E-state index contributed by atoms with van der Waals surface area (Å²) in [6.45, 7) is 2.01. The molecule has 1 aromatic heterocycles. The van der Waals surface area contributed by atoms with E-state index in [0.717, 1.165) is 14.8 Å². The van der Waals surface area contributed by atoms with Crippen molar-refractivity contribution in [3.05, 3.63) is 75.6 Å². The Labute approximate surface area is 146 Å². The lowest BCUT2D eigenvalue weighted by molar-refractivity contribution is 0.102. The molecule has 4 nitrogen and oxygen atoms in total. The third-order valence-corrected chi connectivity index (χ3v) is 4.57. The zero-order chi connectivity index (χ0) is 16.4. The van der Waals surface area contributed by atoms with E-state index in [1.54, 1.807) is 16.7 Å². The number of carbonyl (C=O) groups excluding carboxylic acids is 1. The molecule has 0 spiro atoms. The Balaban J connectivity index is 1.87. The molecule has 0 aliphatic carbocycles. The number of nitrogens with one attached hydrogen (secondary N) is 1. The van der Waals surface area contributed by atoms with Gasteiger partial charge < -0.3 is 5.32 Å². The van der Waals surface area contributed by atoms with Crippen molar-refractivity contribution in [1.82, 2.24) is 9.55 Å². The van der Waals surface area contributed by atoms with E-state index in [1.165, 1.54) is 24.7 Å². The lowest BCUT2D eigenvalue weighted by atomic mass is 10.2. The molecule has 1 N–H and O–H groups in total. The smallest absolute Gasteiger partial charge is 0.274 e. The molecule has 1 amide bonds. The quantitative estimate of drug-likeness (QED) is 0.646. The average molecular weight is 421 g/mol. The van der Waals surface area contributed by atoms with Crippen LogP contribution < -0.4 is 5.32 Å². The van der Waals surface area contributed by atoms with Crippen LogP contribution in [0.2, 0.25) is 0 Å². The molecule has 23 heavy (non-hydrogen) atoms. The number of halogens is 2. The summed E-state index contributed by atoms with van der Waals surface area (Å²) in [5.74, 6) is -0.597. The monoisotopic (exact) mass is 421 g/mol. The molecule has 6 heteroatoms. The maximum absolute atomic E-state index is 13.0. The highest BCUT2D eigenvalue weighted by Gasteiger charge is 2.13. The summed E-state index contributed by atoms with van der Waals surface area (Å²) in [7, 11) is 0. The Morgan fingerprint density at radius 2 is 1.96 bits per heavy atom. The van der Waals surface area contributed by atoms with Crippen molar-refractivity contribution in [1.29, 1.82) is 0 Å². The van der Waals surface area contributed by atoms with Crippen LogP contribution in [0.15, 0.2) is 55.0 Å². The van der Waals surface area contributed by atoms with E-state index in [9.17, 15) is 9.18 Å². The Hall–Kier alpha value is -2.22. The van der Waals surface area contributed by atoms with Crippen LogP contribution in [0.1, 0.15) is 16.1 Å². The number of anilines is 1. The van der Waals surface area contributed by atoms with E-state index in [4.69, 9.17) is 0 Å². The molecule has 0 unspecified atom stereocenters. The Kier molecular flexibility index (Phi) is 4.42. The highest BCUT2D eigenvalue weighted by molar-refractivity contribution is 14.1. The third kappa shape index (κ3) is 3.42. The maximum atomic E-state index is 13.0. The van der Waals surface area contributed by atoms with Gasteiger partial charge in [0.25, 0.3) is 5.91 Å². The molecule has 1 heterocycles. The molecule has 0 bridgehead atoms. The van der Waals surface area contributed by atoms with Gasteiger partial charge in [-0.15, -0.1) is 0 Å². The van der Waals surface area contributed by atoms with Crippen LogP contribution in [-0.4, -0.2) is 15.5 Å². The molecule has 0 atom stereocenters. The second-order valence-electron chi connectivity index (χ2n) is 5.04. The average Bonchev–Trinajstić information content (AvgIpc) is 3.01. The Bertz CT molecular complexity index is 859. The first-order valence-corrected chi connectivity index (χ1v) is 7.98. The van der Waals surface area contributed by atoms with Gasteiger partial charge in [0.05, 0.1) is 12.5 Å². The normalized spacial score (nSPS) is 10.6. The highest BCUT2D eigenvalue weighted by atomic mass is 127. The van der Waals surface area contributed by atoms with Gasteiger partial charge in [0, 0.05) is 14.9 Å².